The van der Waals surface area contributed by atoms with E-state index >= 15 is 0 Å². The predicted octanol–water partition coefficient (Wildman–Crippen LogP) is 1.62. The van der Waals surface area contributed by atoms with Crippen molar-refractivity contribution < 1.29 is 4.79 Å². The second kappa shape index (κ2) is 5.85. The van der Waals surface area contributed by atoms with Crippen molar-refractivity contribution in [1.29, 1.82) is 0 Å². The first-order valence-corrected chi connectivity index (χ1v) is 6.99. The van der Waals surface area contributed by atoms with E-state index < -0.39 is 0 Å². The minimum absolute atomic E-state index is 0.361. The highest BCUT2D eigenvalue weighted by molar-refractivity contribution is 7.98. The summed E-state index contributed by atoms with van der Waals surface area (Å²) in [6.45, 7) is 0. The van der Waals surface area contributed by atoms with Crippen LogP contribution in [0.15, 0.2) is 34.5 Å². The SMILES string of the molecule is NNC(=O)c1nc(CSc2cccc(N)c2)cs1. The number of anilines is 1. The van der Waals surface area contributed by atoms with E-state index in [-0.39, 0.29) is 5.91 Å². The van der Waals surface area contributed by atoms with Crippen LogP contribution in [-0.4, -0.2) is 10.9 Å². The minimum Gasteiger partial charge on any atom is -0.399 e. The van der Waals surface area contributed by atoms with Crippen LogP contribution in [0.1, 0.15) is 15.5 Å². The largest absolute Gasteiger partial charge is 0.399 e. The van der Waals surface area contributed by atoms with Gasteiger partial charge in [0.1, 0.15) is 0 Å². The molecule has 0 bridgehead atoms. The number of hydrogen-bond donors (Lipinski definition) is 3. The summed E-state index contributed by atoms with van der Waals surface area (Å²) in [5.74, 6) is 5.37. The van der Waals surface area contributed by atoms with E-state index in [1.54, 1.807) is 11.8 Å². The van der Waals surface area contributed by atoms with E-state index in [2.05, 4.69) is 10.4 Å². The maximum atomic E-state index is 11.2. The Morgan fingerprint density at radius 3 is 3.06 bits per heavy atom. The Labute approximate surface area is 113 Å². The second-order valence-electron chi connectivity index (χ2n) is 3.48. The van der Waals surface area contributed by atoms with Gasteiger partial charge in [-0.25, -0.2) is 10.8 Å². The molecule has 18 heavy (non-hydrogen) atoms. The fourth-order valence-electron chi connectivity index (χ4n) is 1.30. The van der Waals surface area contributed by atoms with Crippen LogP contribution in [0.2, 0.25) is 0 Å². The van der Waals surface area contributed by atoms with Crippen LogP contribution in [-0.2, 0) is 5.75 Å². The Morgan fingerprint density at radius 1 is 1.50 bits per heavy atom. The molecule has 0 aliphatic carbocycles. The van der Waals surface area contributed by atoms with Gasteiger partial charge < -0.3 is 5.73 Å². The third kappa shape index (κ3) is 3.22. The number of nitrogen functional groups attached to an aromatic ring is 2. The number of hydrogen-bond acceptors (Lipinski definition) is 6. The highest BCUT2D eigenvalue weighted by atomic mass is 32.2. The van der Waals surface area contributed by atoms with Crippen LogP contribution in [0, 0.1) is 0 Å². The summed E-state index contributed by atoms with van der Waals surface area (Å²) < 4.78 is 0. The predicted molar refractivity (Wildman–Crippen MR) is 74.2 cm³/mol. The molecule has 2 rings (SSSR count). The average Bonchev–Trinajstić information content (AvgIpc) is 2.84. The number of rotatable bonds is 4. The molecule has 0 fully saturated rings. The lowest BCUT2D eigenvalue weighted by atomic mass is 10.3. The molecule has 0 spiro atoms. The molecular formula is C11H12N4OS2. The number of carbonyl (C=O) groups excluding carboxylic acids is 1. The van der Waals surface area contributed by atoms with Gasteiger partial charge in [0.2, 0.25) is 0 Å². The van der Waals surface area contributed by atoms with Crippen LogP contribution < -0.4 is 17.0 Å². The lowest BCUT2D eigenvalue weighted by Gasteiger charge is -2.00. The second-order valence-corrected chi connectivity index (χ2v) is 5.39. The molecule has 0 atom stereocenters. The van der Waals surface area contributed by atoms with Crippen molar-refractivity contribution >= 4 is 34.7 Å². The van der Waals surface area contributed by atoms with Gasteiger partial charge in [-0.05, 0) is 18.2 Å². The number of aromatic nitrogens is 1. The van der Waals surface area contributed by atoms with Gasteiger partial charge in [-0.1, -0.05) is 6.07 Å². The first-order chi connectivity index (χ1) is 8.69. The van der Waals surface area contributed by atoms with Crippen LogP contribution >= 0.6 is 23.1 Å². The summed E-state index contributed by atoms with van der Waals surface area (Å²) in [6, 6.07) is 7.65. The molecule has 1 amide bonds. The fraction of sp³-hybridized carbons (Fsp3) is 0.0909. The van der Waals surface area contributed by atoms with E-state index in [1.165, 1.54) is 11.3 Å². The number of nitrogens with two attached hydrogens (primary N) is 2. The van der Waals surface area contributed by atoms with E-state index in [9.17, 15) is 4.79 Å². The third-order valence-corrected chi connectivity index (χ3v) is 4.04. The normalized spacial score (nSPS) is 10.3. The van der Waals surface area contributed by atoms with Crippen LogP contribution in [0.25, 0.3) is 0 Å². The fourth-order valence-corrected chi connectivity index (χ4v) is 2.98. The maximum absolute atomic E-state index is 11.2. The minimum atomic E-state index is -0.361. The van der Waals surface area contributed by atoms with E-state index in [0.29, 0.717) is 10.8 Å². The number of nitrogens with zero attached hydrogens (tertiary/aromatic N) is 1. The molecule has 94 valence electrons. The molecule has 0 saturated carbocycles. The Kier molecular flexibility index (Phi) is 4.19. The van der Waals surface area contributed by atoms with Gasteiger partial charge in [0.15, 0.2) is 5.01 Å². The van der Waals surface area contributed by atoms with Crippen molar-refractivity contribution in [2.75, 3.05) is 5.73 Å². The Hall–Kier alpha value is -1.57. The van der Waals surface area contributed by atoms with Crippen LogP contribution in [0.3, 0.4) is 0 Å². The van der Waals surface area contributed by atoms with E-state index in [1.807, 2.05) is 29.6 Å². The van der Waals surface area contributed by atoms with E-state index in [4.69, 9.17) is 11.6 Å². The molecule has 7 heteroatoms. The van der Waals surface area contributed by atoms with Gasteiger partial charge in [-0.3, -0.25) is 10.2 Å². The van der Waals surface area contributed by atoms with Gasteiger partial charge in [-0.15, -0.1) is 23.1 Å². The highest BCUT2D eigenvalue weighted by Crippen LogP contribution is 2.24. The van der Waals surface area contributed by atoms with Crippen molar-refractivity contribution in [2.24, 2.45) is 5.84 Å². The van der Waals surface area contributed by atoms with Gasteiger partial charge in [-0.2, -0.15) is 0 Å². The molecule has 0 aliphatic heterocycles. The quantitative estimate of drug-likeness (QED) is 0.260. The summed E-state index contributed by atoms with van der Waals surface area (Å²) in [5, 5.41) is 2.23. The molecule has 0 radical (unpaired) electrons. The molecule has 5 N–H and O–H groups in total. The summed E-state index contributed by atoms with van der Waals surface area (Å²) >= 11 is 2.90. The molecule has 1 heterocycles. The monoisotopic (exact) mass is 280 g/mol. The van der Waals surface area contributed by atoms with Crippen LogP contribution in [0.5, 0.6) is 0 Å². The molecule has 1 aromatic heterocycles. The number of amides is 1. The van der Waals surface area contributed by atoms with Gasteiger partial charge >= 0.3 is 0 Å². The van der Waals surface area contributed by atoms with Crippen molar-refractivity contribution in [3.05, 3.63) is 40.3 Å². The zero-order chi connectivity index (χ0) is 13.0. The Bertz CT molecular complexity index is 555. The summed E-state index contributed by atoms with van der Waals surface area (Å²) in [6.07, 6.45) is 0. The van der Waals surface area contributed by atoms with Crippen molar-refractivity contribution in [1.82, 2.24) is 10.4 Å². The maximum Gasteiger partial charge on any atom is 0.294 e. The lowest BCUT2D eigenvalue weighted by Crippen LogP contribution is -2.29. The average molecular weight is 280 g/mol. The standard InChI is InChI=1S/C11H12N4OS2/c12-7-2-1-3-9(4-7)17-5-8-6-18-11(14-8)10(16)15-13/h1-4,6H,5,12-13H2,(H,15,16). The highest BCUT2D eigenvalue weighted by Gasteiger charge is 2.09. The van der Waals surface area contributed by atoms with Crippen molar-refractivity contribution in [3.63, 3.8) is 0 Å². The Morgan fingerprint density at radius 2 is 2.33 bits per heavy atom. The zero-order valence-electron chi connectivity index (χ0n) is 9.42. The van der Waals surface area contributed by atoms with Crippen molar-refractivity contribution in [3.8, 4) is 0 Å². The summed E-state index contributed by atoms with van der Waals surface area (Å²) in [4.78, 5) is 16.5. The van der Waals surface area contributed by atoms with E-state index in [0.717, 1.165) is 16.3 Å². The number of nitrogens with one attached hydrogen (secondary N) is 1. The molecule has 1 aromatic carbocycles. The van der Waals surface area contributed by atoms with Gasteiger partial charge in [0.25, 0.3) is 5.91 Å². The first kappa shape index (κ1) is 12.9. The first-order valence-electron chi connectivity index (χ1n) is 5.12. The Balaban J connectivity index is 1.98. The van der Waals surface area contributed by atoms with Crippen molar-refractivity contribution in [2.45, 2.75) is 10.6 Å². The number of hydrazine groups is 1. The number of thioether (sulfide) groups is 1. The number of thiazole rings is 1. The molecule has 0 aliphatic rings. The van der Waals surface area contributed by atoms with Gasteiger partial charge in [0.05, 0.1) is 5.69 Å². The topological polar surface area (TPSA) is 94.0 Å². The molecular weight excluding hydrogens is 268 g/mol. The summed E-state index contributed by atoms with van der Waals surface area (Å²) in [5.41, 5.74) is 9.35. The van der Waals surface area contributed by atoms with Crippen LogP contribution in [0.4, 0.5) is 5.69 Å². The van der Waals surface area contributed by atoms with Gasteiger partial charge in [0, 0.05) is 21.7 Å². The zero-order valence-corrected chi connectivity index (χ0v) is 11.1. The molecule has 2 aromatic rings. The number of carbonyl (C=O) groups is 1. The molecule has 5 nitrogen and oxygen atoms in total. The molecule has 0 unspecified atom stereocenters. The molecule has 0 saturated heterocycles. The number of benzene rings is 1. The smallest absolute Gasteiger partial charge is 0.294 e. The third-order valence-electron chi connectivity index (χ3n) is 2.12. The summed E-state index contributed by atoms with van der Waals surface area (Å²) in [7, 11) is 0. The lowest BCUT2D eigenvalue weighted by molar-refractivity contribution is 0.0953.